The summed E-state index contributed by atoms with van der Waals surface area (Å²) >= 11 is 0. The molecule has 0 amide bonds. The van der Waals surface area contributed by atoms with Crippen molar-refractivity contribution in [2.24, 2.45) is 0 Å². The van der Waals surface area contributed by atoms with Crippen molar-refractivity contribution >= 4 is 8.56 Å². The highest BCUT2D eigenvalue weighted by atomic mass is 28.4. The molecular weight excluding hydrogens is 246 g/mol. The summed E-state index contributed by atoms with van der Waals surface area (Å²) in [5, 5.41) is 0. The zero-order chi connectivity index (χ0) is 13.4. The average molecular weight is 273 g/mol. The SMILES string of the molecule is C=CCN(C)CC1COCCC[Si](C)(OCC)O1. The molecule has 5 heteroatoms. The van der Waals surface area contributed by atoms with Gasteiger partial charge >= 0.3 is 8.56 Å². The van der Waals surface area contributed by atoms with Crippen molar-refractivity contribution in [1.29, 1.82) is 0 Å². The summed E-state index contributed by atoms with van der Waals surface area (Å²) in [5.74, 6) is 0. The summed E-state index contributed by atoms with van der Waals surface area (Å²) in [5.41, 5.74) is 0. The zero-order valence-corrected chi connectivity index (χ0v) is 13.0. The fourth-order valence-electron chi connectivity index (χ4n) is 2.30. The van der Waals surface area contributed by atoms with E-state index in [0.717, 1.165) is 38.8 Å². The van der Waals surface area contributed by atoms with Crippen LogP contribution in [0.5, 0.6) is 0 Å². The minimum atomic E-state index is -2.00. The van der Waals surface area contributed by atoms with E-state index in [2.05, 4.69) is 25.1 Å². The lowest BCUT2D eigenvalue weighted by Gasteiger charge is -2.35. The Bertz CT molecular complexity index is 252. The fraction of sp³-hybridized carbons (Fsp3) is 0.846. The molecule has 0 radical (unpaired) electrons. The van der Waals surface area contributed by atoms with Gasteiger partial charge in [-0.25, -0.2) is 0 Å². The normalized spacial score (nSPS) is 29.9. The van der Waals surface area contributed by atoms with Crippen molar-refractivity contribution in [3.8, 4) is 0 Å². The molecule has 0 aromatic carbocycles. The van der Waals surface area contributed by atoms with Gasteiger partial charge in [0, 0.05) is 26.3 Å². The molecule has 0 spiro atoms. The number of likely N-dealkylation sites (N-methyl/N-ethyl adjacent to an activating group) is 1. The molecule has 1 heterocycles. The first-order chi connectivity index (χ1) is 8.59. The monoisotopic (exact) mass is 273 g/mol. The topological polar surface area (TPSA) is 30.9 Å². The molecule has 4 nitrogen and oxygen atoms in total. The van der Waals surface area contributed by atoms with Crippen molar-refractivity contribution in [3.63, 3.8) is 0 Å². The van der Waals surface area contributed by atoms with Crippen molar-refractivity contribution in [3.05, 3.63) is 12.7 Å². The Morgan fingerprint density at radius 1 is 1.56 bits per heavy atom. The molecule has 18 heavy (non-hydrogen) atoms. The molecule has 2 unspecified atom stereocenters. The van der Waals surface area contributed by atoms with Gasteiger partial charge in [0.15, 0.2) is 0 Å². The predicted molar refractivity (Wildman–Crippen MR) is 76.1 cm³/mol. The van der Waals surface area contributed by atoms with E-state index in [9.17, 15) is 0 Å². The molecule has 106 valence electrons. The molecule has 0 aromatic rings. The Balaban J connectivity index is 2.55. The van der Waals surface area contributed by atoms with Crippen LogP contribution >= 0.6 is 0 Å². The number of hydrogen-bond donors (Lipinski definition) is 0. The van der Waals surface area contributed by atoms with Gasteiger partial charge in [-0.05, 0) is 33.0 Å². The van der Waals surface area contributed by atoms with Crippen LogP contribution in [-0.4, -0.2) is 59.5 Å². The molecule has 0 bridgehead atoms. The van der Waals surface area contributed by atoms with Crippen LogP contribution < -0.4 is 0 Å². The van der Waals surface area contributed by atoms with Gasteiger partial charge in [0.05, 0.1) is 12.7 Å². The van der Waals surface area contributed by atoms with Gasteiger partial charge in [0.25, 0.3) is 0 Å². The van der Waals surface area contributed by atoms with Gasteiger partial charge in [0.1, 0.15) is 0 Å². The second-order valence-corrected chi connectivity index (χ2v) is 8.29. The maximum atomic E-state index is 6.25. The summed E-state index contributed by atoms with van der Waals surface area (Å²) < 4.78 is 17.8. The molecule has 1 aliphatic heterocycles. The largest absolute Gasteiger partial charge is 0.395 e. The zero-order valence-electron chi connectivity index (χ0n) is 12.0. The van der Waals surface area contributed by atoms with E-state index in [0.29, 0.717) is 6.61 Å². The third kappa shape index (κ3) is 5.62. The second-order valence-electron chi connectivity index (χ2n) is 5.00. The molecular formula is C13H27NO3Si. The van der Waals surface area contributed by atoms with E-state index in [1.54, 1.807) is 0 Å². The summed E-state index contributed by atoms with van der Waals surface area (Å²) in [7, 11) is 0.0683. The Labute approximate surface area is 112 Å². The van der Waals surface area contributed by atoms with Crippen LogP contribution in [0.25, 0.3) is 0 Å². The van der Waals surface area contributed by atoms with Crippen LogP contribution in [0.2, 0.25) is 12.6 Å². The van der Waals surface area contributed by atoms with Crippen LogP contribution in [0.1, 0.15) is 13.3 Å². The summed E-state index contributed by atoms with van der Waals surface area (Å²) in [6.07, 6.45) is 3.06. The van der Waals surface area contributed by atoms with Crippen molar-refractivity contribution in [1.82, 2.24) is 4.90 Å². The van der Waals surface area contributed by atoms with Gasteiger partial charge in [0.2, 0.25) is 0 Å². The standard InChI is InChI=1S/C13H27NO3Si/c1-5-8-14(3)11-13-12-15-9-7-10-18(4,17-13)16-6-2/h5,13H,1,6-12H2,2-4H3. The second kappa shape index (κ2) is 8.07. The van der Waals surface area contributed by atoms with Crippen LogP contribution in [0, 0.1) is 0 Å². The lowest BCUT2D eigenvalue weighted by molar-refractivity contribution is 0.00255. The van der Waals surface area contributed by atoms with E-state index in [1.807, 2.05) is 13.0 Å². The number of ether oxygens (including phenoxy) is 1. The van der Waals surface area contributed by atoms with Gasteiger partial charge in [-0.2, -0.15) is 0 Å². The summed E-state index contributed by atoms with van der Waals surface area (Å²) in [6.45, 7) is 11.9. The van der Waals surface area contributed by atoms with Crippen molar-refractivity contribution in [2.75, 3.05) is 40.0 Å². The number of hydrogen-bond acceptors (Lipinski definition) is 4. The third-order valence-corrected chi connectivity index (χ3v) is 6.04. The molecule has 1 rings (SSSR count). The Morgan fingerprint density at radius 3 is 3.00 bits per heavy atom. The molecule has 2 atom stereocenters. The molecule has 1 aliphatic rings. The number of rotatable bonds is 6. The summed E-state index contributed by atoms with van der Waals surface area (Å²) in [6, 6.07) is 1.02. The fourth-order valence-corrected chi connectivity index (χ4v) is 4.87. The highest BCUT2D eigenvalue weighted by Gasteiger charge is 2.35. The first kappa shape index (κ1) is 15.9. The number of nitrogens with zero attached hydrogens (tertiary/aromatic N) is 1. The molecule has 0 aromatic heterocycles. The highest BCUT2D eigenvalue weighted by molar-refractivity contribution is 6.66. The molecule has 1 fully saturated rings. The minimum absolute atomic E-state index is 0.110. The van der Waals surface area contributed by atoms with Gasteiger partial charge < -0.3 is 18.5 Å². The Morgan fingerprint density at radius 2 is 2.33 bits per heavy atom. The van der Waals surface area contributed by atoms with E-state index in [4.69, 9.17) is 13.6 Å². The molecule has 0 saturated carbocycles. The average Bonchev–Trinajstić information content (AvgIpc) is 2.26. The Hall–Kier alpha value is -0.203. The highest BCUT2D eigenvalue weighted by Crippen LogP contribution is 2.21. The van der Waals surface area contributed by atoms with E-state index < -0.39 is 8.56 Å². The molecule has 1 saturated heterocycles. The van der Waals surface area contributed by atoms with Gasteiger partial charge in [-0.15, -0.1) is 6.58 Å². The van der Waals surface area contributed by atoms with Gasteiger partial charge in [-0.1, -0.05) is 6.08 Å². The van der Waals surface area contributed by atoms with Crippen LogP contribution in [-0.2, 0) is 13.6 Å². The first-order valence-electron chi connectivity index (χ1n) is 6.78. The first-order valence-corrected chi connectivity index (χ1v) is 9.31. The quantitative estimate of drug-likeness (QED) is 0.547. The predicted octanol–water partition coefficient (Wildman–Crippen LogP) is 2.02. The Kier molecular flexibility index (Phi) is 7.10. The maximum Gasteiger partial charge on any atom is 0.335 e. The van der Waals surface area contributed by atoms with E-state index in [-0.39, 0.29) is 6.10 Å². The van der Waals surface area contributed by atoms with E-state index >= 15 is 0 Å². The molecule has 0 aliphatic carbocycles. The minimum Gasteiger partial charge on any atom is -0.395 e. The van der Waals surface area contributed by atoms with Crippen LogP contribution in [0.4, 0.5) is 0 Å². The lowest BCUT2D eigenvalue weighted by atomic mass is 10.3. The van der Waals surface area contributed by atoms with Crippen molar-refractivity contribution < 1.29 is 13.6 Å². The molecule has 0 N–H and O–H groups in total. The van der Waals surface area contributed by atoms with Crippen LogP contribution in [0.15, 0.2) is 12.7 Å². The van der Waals surface area contributed by atoms with Crippen molar-refractivity contribution in [2.45, 2.75) is 32.0 Å². The lowest BCUT2D eigenvalue weighted by Crippen LogP contribution is -2.48. The van der Waals surface area contributed by atoms with Crippen LogP contribution in [0.3, 0.4) is 0 Å². The van der Waals surface area contributed by atoms with Gasteiger partial charge in [-0.3, -0.25) is 0 Å². The third-order valence-electron chi connectivity index (χ3n) is 3.05. The van der Waals surface area contributed by atoms with E-state index in [1.165, 1.54) is 0 Å². The summed E-state index contributed by atoms with van der Waals surface area (Å²) in [4.78, 5) is 2.20. The smallest absolute Gasteiger partial charge is 0.335 e. The maximum absolute atomic E-state index is 6.25.